The average Bonchev–Trinajstić information content (AvgIpc) is 3.47. The number of carbonyl (C=O) groups is 3. The molecule has 1 aromatic rings. The monoisotopic (exact) mass is 526 g/mol. The number of Topliss-reactive ketones (excluding diaryl/α,β-unsaturated/α-hetero) is 1. The number of carbonyl (C=O) groups excluding carboxylic acids is 3. The molecule has 3 saturated heterocycles. The Kier molecular flexibility index (Phi) is 8.82. The van der Waals surface area contributed by atoms with Crippen molar-refractivity contribution < 1.29 is 19.1 Å². The van der Waals surface area contributed by atoms with Gasteiger partial charge in [0.05, 0.1) is 6.10 Å². The summed E-state index contributed by atoms with van der Waals surface area (Å²) >= 11 is 0. The third-order valence-electron chi connectivity index (χ3n) is 8.75. The van der Waals surface area contributed by atoms with Crippen molar-refractivity contribution in [2.75, 3.05) is 50.8 Å². The van der Waals surface area contributed by atoms with Crippen LogP contribution in [0.3, 0.4) is 0 Å². The fourth-order valence-electron chi connectivity index (χ4n) is 6.10. The van der Waals surface area contributed by atoms with E-state index in [1.807, 2.05) is 38.1 Å². The van der Waals surface area contributed by atoms with Crippen LogP contribution in [0.15, 0.2) is 24.3 Å². The highest BCUT2D eigenvalue weighted by Crippen LogP contribution is 2.42. The summed E-state index contributed by atoms with van der Waals surface area (Å²) in [4.78, 5) is 46.5. The van der Waals surface area contributed by atoms with Crippen molar-refractivity contribution in [3.8, 4) is 0 Å². The van der Waals surface area contributed by atoms with Gasteiger partial charge in [0.1, 0.15) is 18.7 Å². The molecule has 0 saturated carbocycles. The molecule has 0 unspecified atom stereocenters. The van der Waals surface area contributed by atoms with E-state index in [1.54, 1.807) is 4.90 Å². The first kappa shape index (κ1) is 28.6. The van der Waals surface area contributed by atoms with Crippen LogP contribution in [0.5, 0.6) is 0 Å². The van der Waals surface area contributed by atoms with E-state index in [0.29, 0.717) is 12.1 Å². The van der Waals surface area contributed by atoms with Crippen LogP contribution < -0.4 is 10.2 Å². The van der Waals surface area contributed by atoms with Crippen LogP contribution in [0.4, 0.5) is 5.69 Å². The maximum Gasteiger partial charge on any atom is 0.251 e. The highest BCUT2D eigenvalue weighted by Gasteiger charge is 2.56. The van der Waals surface area contributed by atoms with E-state index in [-0.39, 0.29) is 47.6 Å². The number of hydrogen-bond acceptors (Lipinski definition) is 6. The summed E-state index contributed by atoms with van der Waals surface area (Å²) in [7, 11) is 0. The molecule has 38 heavy (non-hydrogen) atoms. The summed E-state index contributed by atoms with van der Waals surface area (Å²) in [5.41, 5.74) is 1.54. The molecule has 0 bridgehead atoms. The summed E-state index contributed by atoms with van der Waals surface area (Å²) in [6.45, 7) is 18.3. The van der Waals surface area contributed by atoms with Gasteiger partial charge in [-0.2, -0.15) is 0 Å². The van der Waals surface area contributed by atoms with Crippen molar-refractivity contribution >= 4 is 23.3 Å². The molecule has 2 amide bonds. The fourth-order valence-corrected chi connectivity index (χ4v) is 6.10. The lowest BCUT2D eigenvalue weighted by Gasteiger charge is -2.36. The molecule has 8 nitrogen and oxygen atoms in total. The van der Waals surface area contributed by atoms with Crippen LogP contribution in [0.25, 0.3) is 0 Å². The number of ketones is 1. The minimum Gasteiger partial charge on any atom is -0.369 e. The maximum absolute atomic E-state index is 13.9. The van der Waals surface area contributed by atoms with Gasteiger partial charge in [0, 0.05) is 49.9 Å². The average molecular weight is 527 g/mol. The topological polar surface area (TPSA) is 82.2 Å². The van der Waals surface area contributed by atoms with Crippen molar-refractivity contribution in [2.45, 2.75) is 72.6 Å². The molecule has 3 aliphatic rings. The van der Waals surface area contributed by atoms with Crippen molar-refractivity contribution in [1.29, 1.82) is 0 Å². The molecule has 0 aliphatic carbocycles. The van der Waals surface area contributed by atoms with Crippen molar-refractivity contribution in [1.82, 2.24) is 15.1 Å². The summed E-state index contributed by atoms with van der Waals surface area (Å²) < 4.78 is 5.87. The number of amides is 2. The molecule has 5 atom stereocenters. The number of fused-ring (bicyclic) bond motifs is 1. The van der Waals surface area contributed by atoms with E-state index in [9.17, 15) is 14.4 Å². The molecule has 4 rings (SSSR count). The lowest BCUT2D eigenvalue weighted by Crippen LogP contribution is -2.54. The Morgan fingerprint density at radius 3 is 2.32 bits per heavy atom. The molecule has 0 aromatic heterocycles. The van der Waals surface area contributed by atoms with Crippen molar-refractivity contribution in [3.63, 3.8) is 0 Å². The smallest absolute Gasteiger partial charge is 0.251 e. The van der Waals surface area contributed by atoms with Gasteiger partial charge in [-0.3, -0.25) is 19.3 Å². The van der Waals surface area contributed by atoms with Gasteiger partial charge in [0.2, 0.25) is 5.91 Å². The Morgan fingerprint density at radius 2 is 1.74 bits per heavy atom. The predicted molar refractivity (Wildman–Crippen MR) is 149 cm³/mol. The number of nitrogens with one attached hydrogen (secondary N) is 1. The molecular weight excluding hydrogens is 480 g/mol. The number of ether oxygens (including phenoxy) is 1. The molecule has 1 N–H and O–H groups in total. The first-order valence-corrected chi connectivity index (χ1v) is 14.4. The highest BCUT2D eigenvalue weighted by molar-refractivity contribution is 5.99. The van der Waals surface area contributed by atoms with Crippen LogP contribution in [-0.2, 0) is 14.3 Å². The second-order valence-electron chi connectivity index (χ2n) is 12.4. The Balaban J connectivity index is 1.45. The first-order chi connectivity index (χ1) is 18.0. The van der Waals surface area contributed by atoms with E-state index in [0.717, 1.165) is 44.8 Å². The van der Waals surface area contributed by atoms with Crippen LogP contribution in [0.1, 0.15) is 64.7 Å². The second kappa shape index (κ2) is 11.7. The number of nitrogens with zero attached hydrogens (tertiary/aromatic N) is 3. The zero-order chi connectivity index (χ0) is 27.6. The van der Waals surface area contributed by atoms with Crippen molar-refractivity contribution in [3.05, 3.63) is 29.8 Å². The van der Waals surface area contributed by atoms with Gasteiger partial charge >= 0.3 is 0 Å². The first-order valence-electron chi connectivity index (χ1n) is 14.4. The lowest BCUT2D eigenvalue weighted by atomic mass is 9.78. The largest absolute Gasteiger partial charge is 0.369 e. The fraction of sp³-hybridized carbons (Fsp3) is 0.700. The summed E-state index contributed by atoms with van der Waals surface area (Å²) in [6, 6.07) is 6.42. The maximum atomic E-state index is 13.9. The van der Waals surface area contributed by atoms with Gasteiger partial charge in [-0.05, 0) is 48.6 Å². The summed E-state index contributed by atoms with van der Waals surface area (Å²) in [5.74, 6) is -0.507. The lowest BCUT2D eigenvalue weighted by molar-refractivity contribution is -0.139. The minimum atomic E-state index is -0.702. The number of rotatable bonds is 8. The Labute approximate surface area is 228 Å². The number of likely N-dealkylation sites (tertiary alicyclic amines) is 1. The van der Waals surface area contributed by atoms with Crippen LogP contribution in [-0.4, -0.2) is 91.5 Å². The van der Waals surface area contributed by atoms with E-state index >= 15 is 0 Å². The van der Waals surface area contributed by atoms with Gasteiger partial charge in [0.25, 0.3) is 5.91 Å². The van der Waals surface area contributed by atoms with E-state index in [4.69, 9.17) is 4.74 Å². The van der Waals surface area contributed by atoms with E-state index in [2.05, 4.69) is 42.8 Å². The molecule has 8 heteroatoms. The Hall–Kier alpha value is -2.45. The number of benzene rings is 1. The molecule has 3 heterocycles. The highest BCUT2D eigenvalue weighted by atomic mass is 16.5. The van der Waals surface area contributed by atoms with Crippen LogP contribution in [0, 0.1) is 17.3 Å². The summed E-state index contributed by atoms with van der Waals surface area (Å²) in [6.07, 6.45) is 1.62. The molecular formula is C30H46N4O4. The molecule has 0 spiro atoms. The van der Waals surface area contributed by atoms with Gasteiger partial charge in [0.15, 0.2) is 5.78 Å². The number of hydrogen-bond donors (Lipinski definition) is 1. The van der Waals surface area contributed by atoms with Gasteiger partial charge < -0.3 is 19.9 Å². The number of anilines is 1. The Morgan fingerprint density at radius 1 is 1.08 bits per heavy atom. The standard InChI is InChI=1S/C30H46N4O4/c1-7-13-32-14-16-33(17-15-32)22-11-9-21(10-12-22)28(36)31-25(20(3)8-2)29(37)34-18-23(30(4,5)6)27-26(34)24(35)19-38-27/h9-12,20,23,25-27H,7-8,13-19H2,1-6H3,(H,31,36)/t20-,23+,25-,26+,27+/m0/s1. The molecule has 3 aliphatic heterocycles. The third kappa shape index (κ3) is 5.91. The zero-order valence-electron chi connectivity index (χ0n) is 24.0. The van der Waals surface area contributed by atoms with Crippen LogP contribution >= 0.6 is 0 Å². The van der Waals surface area contributed by atoms with E-state index < -0.39 is 12.1 Å². The SMILES string of the molecule is CCCN1CCN(c2ccc(C(=O)N[C@H](C(=O)N3C[C@@H](C(C)(C)C)[C@H]4OCC(=O)[C@H]43)[C@@H](C)CC)cc2)CC1. The Bertz CT molecular complexity index is 997. The third-order valence-corrected chi connectivity index (χ3v) is 8.75. The quantitative estimate of drug-likeness (QED) is 0.560. The predicted octanol–water partition coefficient (Wildman–Crippen LogP) is 3.20. The minimum absolute atomic E-state index is 0.0459. The summed E-state index contributed by atoms with van der Waals surface area (Å²) in [5, 5.41) is 3.03. The van der Waals surface area contributed by atoms with E-state index in [1.165, 1.54) is 6.42 Å². The van der Waals surface area contributed by atoms with Crippen LogP contribution in [0.2, 0.25) is 0 Å². The van der Waals surface area contributed by atoms with Gasteiger partial charge in [-0.25, -0.2) is 0 Å². The second-order valence-corrected chi connectivity index (χ2v) is 12.4. The van der Waals surface area contributed by atoms with Crippen molar-refractivity contribution in [2.24, 2.45) is 17.3 Å². The molecule has 0 radical (unpaired) electrons. The zero-order valence-corrected chi connectivity index (χ0v) is 24.0. The molecule has 1 aromatic carbocycles. The van der Waals surface area contributed by atoms with Gasteiger partial charge in [-0.1, -0.05) is 48.0 Å². The molecule has 3 fully saturated rings. The normalized spacial score (nSPS) is 25.8. The van der Waals surface area contributed by atoms with Gasteiger partial charge in [-0.15, -0.1) is 0 Å². The number of piperazine rings is 1. The molecule has 210 valence electrons.